The van der Waals surface area contributed by atoms with E-state index in [-0.39, 0.29) is 22.8 Å². The molecule has 0 amide bonds. The van der Waals surface area contributed by atoms with Crippen LogP contribution in [0.3, 0.4) is 0 Å². The quantitative estimate of drug-likeness (QED) is 0.219. The van der Waals surface area contributed by atoms with Crippen molar-refractivity contribution in [1.82, 2.24) is 0 Å². The van der Waals surface area contributed by atoms with Crippen LogP contribution in [0, 0.1) is 0 Å². The number of aliphatic hydroxyl groups excluding tert-OH is 3. The zero-order valence-corrected chi connectivity index (χ0v) is 20.4. The van der Waals surface area contributed by atoms with Gasteiger partial charge in [-0.15, -0.1) is 0 Å². The number of esters is 1. The van der Waals surface area contributed by atoms with Crippen molar-refractivity contribution < 1.29 is 49.3 Å². The maximum Gasteiger partial charge on any atom is 0.338 e. The van der Waals surface area contributed by atoms with Gasteiger partial charge in [0, 0.05) is 6.07 Å². The minimum Gasteiger partial charge on any atom is -0.508 e. The number of hydrogen-bond acceptors (Lipinski definition) is 10. The first-order valence-electron chi connectivity index (χ1n) is 11.7. The molecule has 4 rings (SSSR count). The number of rotatable bonds is 8. The number of hydrogen-bond donors (Lipinski definition) is 5. The van der Waals surface area contributed by atoms with E-state index in [1.165, 1.54) is 36.4 Å². The van der Waals surface area contributed by atoms with Gasteiger partial charge in [-0.2, -0.15) is 0 Å². The fourth-order valence-electron chi connectivity index (χ4n) is 3.80. The lowest BCUT2D eigenvalue weighted by Gasteiger charge is -2.39. The van der Waals surface area contributed by atoms with Gasteiger partial charge in [-0.3, -0.25) is 0 Å². The van der Waals surface area contributed by atoms with Crippen molar-refractivity contribution in [3.63, 3.8) is 0 Å². The average Bonchev–Trinajstić information content (AvgIpc) is 2.91. The zero-order chi connectivity index (χ0) is 27.2. The van der Waals surface area contributed by atoms with Crippen LogP contribution in [-0.2, 0) is 9.47 Å². The topological polar surface area (TPSA) is 155 Å². The Hall–Kier alpha value is -4.09. The van der Waals surface area contributed by atoms with Gasteiger partial charge < -0.3 is 44.5 Å². The van der Waals surface area contributed by atoms with Crippen molar-refractivity contribution in [2.75, 3.05) is 13.7 Å². The number of ether oxygens (including phenoxy) is 4. The Bertz CT molecular complexity index is 1260. The molecule has 0 unspecified atom stereocenters. The summed E-state index contributed by atoms with van der Waals surface area (Å²) >= 11 is 0. The van der Waals surface area contributed by atoms with Gasteiger partial charge in [0.15, 0.2) is 0 Å². The minimum absolute atomic E-state index is 0.0176. The third kappa shape index (κ3) is 6.61. The highest BCUT2D eigenvalue weighted by molar-refractivity contribution is 5.89. The fourth-order valence-corrected chi connectivity index (χ4v) is 3.80. The van der Waals surface area contributed by atoms with E-state index in [0.29, 0.717) is 5.56 Å². The third-order valence-electron chi connectivity index (χ3n) is 5.90. The molecule has 1 heterocycles. The van der Waals surface area contributed by atoms with E-state index in [1.54, 1.807) is 19.3 Å². The predicted molar refractivity (Wildman–Crippen MR) is 136 cm³/mol. The molecular formula is C28H28O10. The van der Waals surface area contributed by atoms with Gasteiger partial charge in [-0.05, 0) is 59.7 Å². The molecule has 1 fully saturated rings. The van der Waals surface area contributed by atoms with Gasteiger partial charge in [0.25, 0.3) is 0 Å². The van der Waals surface area contributed by atoms with E-state index in [9.17, 15) is 30.3 Å². The first-order chi connectivity index (χ1) is 18.2. The van der Waals surface area contributed by atoms with Gasteiger partial charge in [-0.25, -0.2) is 4.79 Å². The summed E-state index contributed by atoms with van der Waals surface area (Å²) in [6.07, 6.45) is -3.94. The average molecular weight is 525 g/mol. The van der Waals surface area contributed by atoms with Crippen molar-refractivity contribution in [3.8, 4) is 23.0 Å². The highest BCUT2D eigenvalue weighted by atomic mass is 16.7. The first kappa shape index (κ1) is 27.0. The Morgan fingerprint density at radius 2 is 1.50 bits per heavy atom. The standard InChI is InChI=1S/C28H28O10/c1-35-21-10-4-16(5-11-21)2-3-17-12-20(30)14-22(13-17)37-28-26(33)25(32)24(31)23(38-28)15-36-27(34)18-6-8-19(29)9-7-18/h2-14,23-26,28-33H,15H2,1H3/b3-2+/t23-,24-,25+,26-,28-/m1/s1. The maximum absolute atomic E-state index is 12.3. The number of phenolic OH excluding ortho intramolecular Hbond substituents is 2. The van der Waals surface area contributed by atoms with Crippen molar-refractivity contribution in [2.24, 2.45) is 0 Å². The summed E-state index contributed by atoms with van der Waals surface area (Å²) in [5, 5.41) is 50.6. The second-order valence-corrected chi connectivity index (χ2v) is 8.64. The van der Waals surface area contributed by atoms with E-state index >= 15 is 0 Å². The molecule has 0 aliphatic carbocycles. The van der Waals surface area contributed by atoms with Crippen LogP contribution in [0.15, 0.2) is 66.7 Å². The molecule has 0 spiro atoms. The highest BCUT2D eigenvalue weighted by Gasteiger charge is 2.45. The Morgan fingerprint density at radius 1 is 0.816 bits per heavy atom. The number of aliphatic hydroxyl groups is 3. The van der Waals surface area contributed by atoms with Crippen molar-refractivity contribution in [3.05, 3.63) is 83.4 Å². The number of carbonyl (C=O) groups is 1. The van der Waals surface area contributed by atoms with E-state index in [1.807, 2.05) is 30.3 Å². The molecule has 0 saturated carbocycles. The molecular weight excluding hydrogens is 496 g/mol. The molecule has 5 N–H and O–H groups in total. The third-order valence-corrected chi connectivity index (χ3v) is 5.90. The summed E-state index contributed by atoms with van der Waals surface area (Å²) in [5.41, 5.74) is 1.64. The number of methoxy groups -OCH3 is 1. The van der Waals surface area contributed by atoms with Gasteiger partial charge in [0.05, 0.1) is 12.7 Å². The summed E-state index contributed by atoms with van der Waals surface area (Å²) in [6.45, 7) is -0.444. The minimum atomic E-state index is -1.65. The Balaban J connectivity index is 1.43. The number of carbonyl (C=O) groups excluding carboxylic acids is 1. The zero-order valence-electron chi connectivity index (χ0n) is 20.4. The molecule has 200 valence electrons. The fraction of sp³-hybridized carbons (Fsp3) is 0.250. The predicted octanol–water partition coefficient (Wildman–Crippen LogP) is 2.32. The number of phenols is 2. The first-order valence-corrected chi connectivity index (χ1v) is 11.7. The normalized spacial score (nSPS) is 23.2. The second-order valence-electron chi connectivity index (χ2n) is 8.64. The molecule has 10 heteroatoms. The summed E-state index contributed by atoms with van der Waals surface area (Å²) in [6, 6.07) is 17.1. The highest BCUT2D eigenvalue weighted by Crippen LogP contribution is 2.29. The lowest BCUT2D eigenvalue weighted by atomic mass is 9.99. The summed E-state index contributed by atoms with van der Waals surface area (Å²) in [7, 11) is 1.58. The molecule has 0 bridgehead atoms. The van der Waals surface area contributed by atoms with E-state index < -0.39 is 43.3 Å². The number of aromatic hydroxyl groups is 2. The molecule has 0 aromatic heterocycles. The summed E-state index contributed by atoms with van der Waals surface area (Å²) in [5.74, 6) is -0.00729. The van der Waals surface area contributed by atoms with Crippen LogP contribution in [0.2, 0.25) is 0 Å². The molecule has 10 nitrogen and oxygen atoms in total. The van der Waals surface area contributed by atoms with Gasteiger partial charge in [-0.1, -0.05) is 24.3 Å². The molecule has 1 saturated heterocycles. The second kappa shape index (κ2) is 12.0. The van der Waals surface area contributed by atoms with Crippen LogP contribution < -0.4 is 9.47 Å². The van der Waals surface area contributed by atoms with Crippen LogP contribution in [0.4, 0.5) is 0 Å². The van der Waals surface area contributed by atoms with Crippen LogP contribution in [0.1, 0.15) is 21.5 Å². The lowest BCUT2D eigenvalue weighted by Crippen LogP contribution is -2.60. The van der Waals surface area contributed by atoms with Crippen molar-refractivity contribution in [1.29, 1.82) is 0 Å². The van der Waals surface area contributed by atoms with E-state index in [2.05, 4.69) is 0 Å². The largest absolute Gasteiger partial charge is 0.508 e. The SMILES string of the molecule is COc1ccc(/C=C/c2cc(O)cc(O[C@@H]3O[C@H](COC(=O)c4ccc(O)cc4)[C@@H](O)[C@H](O)[C@H]3O)c2)cc1. The van der Waals surface area contributed by atoms with Gasteiger partial charge >= 0.3 is 5.97 Å². The van der Waals surface area contributed by atoms with Crippen LogP contribution in [-0.4, -0.2) is 75.9 Å². The van der Waals surface area contributed by atoms with Crippen molar-refractivity contribution in [2.45, 2.75) is 30.7 Å². The van der Waals surface area contributed by atoms with E-state index in [0.717, 1.165) is 11.3 Å². The molecule has 5 atom stereocenters. The van der Waals surface area contributed by atoms with Crippen LogP contribution in [0.25, 0.3) is 12.2 Å². The van der Waals surface area contributed by atoms with Crippen LogP contribution in [0.5, 0.6) is 23.0 Å². The molecule has 3 aromatic rings. The smallest absolute Gasteiger partial charge is 0.338 e. The molecule has 1 aliphatic heterocycles. The molecule has 38 heavy (non-hydrogen) atoms. The summed E-state index contributed by atoms with van der Waals surface area (Å²) < 4.78 is 21.6. The van der Waals surface area contributed by atoms with E-state index in [4.69, 9.17) is 18.9 Å². The number of benzene rings is 3. The van der Waals surface area contributed by atoms with Gasteiger partial charge in [0.2, 0.25) is 6.29 Å². The van der Waals surface area contributed by atoms with Crippen LogP contribution >= 0.6 is 0 Å². The lowest BCUT2D eigenvalue weighted by molar-refractivity contribution is -0.277. The molecule has 1 aliphatic rings. The summed E-state index contributed by atoms with van der Waals surface area (Å²) in [4.78, 5) is 12.3. The Kier molecular flexibility index (Phi) is 8.49. The van der Waals surface area contributed by atoms with Gasteiger partial charge in [0.1, 0.15) is 54.0 Å². The molecule has 3 aromatic carbocycles. The molecule has 0 radical (unpaired) electrons. The Labute approximate surface area is 218 Å². The maximum atomic E-state index is 12.3. The van der Waals surface area contributed by atoms with Crippen molar-refractivity contribution >= 4 is 18.1 Å². The monoisotopic (exact) mass is 524 g/mol. The Morgan fingerprint density at radius 3 is 2.18 bits per heavy atom.